The number of hydrogen-bond donors (Lipinski definition) is 0. The first-order valence-electron chi connectivity index (χ1n) is 3.42. The molecule has 0 atom stereocenters. The van der Waals surface area contributed by atoms with Gasteiger partial charge in [0, 0.05) is 2.74 Å². The van der Waals surface area contributed by atoms with Crippen LogP contribution in [0.15, 0.2) is 0 Å². The first-order chi connectivity index (χ1) is 4.86. The summed E-state index contributed by atoms with van der Waals surface area (Å²) in [6.45, 7) is -0.0312. The number of nitrogens with zero attached hydrogens (tertiary/aromatic N) is 4. The van der Waals surface area contributed by atoms with Crippen LogP contribution in [0, 0.1) is 13.8 Å². The van der Waals surface area contributed by atoms with Gasteiger partial charge in [-0.3, -0.25) is 0 Å². The van der Waals surface area contributed by atoms with Gasteiger partial charge in [0.1, 0.15) is 0 Å². The average Bonchev–Trinajstić information content (AvgIpc) is 2.05. The first-order valence-corrected chi connectivity index (χ1v) is 2.00. The summed E-state index contributed by atoms with van der Waals surface area (Å²) in [5.41, 5.74) is 0. The van der Waals surface area contributed by atoms with E-state index in [9.17, 15) is 0 Å². The third kappa shape index (κ3) is 0.959. The molecule has 1 rings (SSSR count). The van der Waals surface area contributed by atoms with Gasteiger partial charge in [0.15, 0.2) is 11.6 Å². The second kappa shape index (κ2) is 1.81. The number of rotatable bonds is 0. The van der Waals surface area contributed by atoms with E-state index in [-0.39, 0.29) is 25.4 Å². The molecule has 0 saturated heterocycles. The molecular weight excluding hydrogens is 104 g/mol. The molecule has 0 aromatic carbocycles. The van der Waals surface area contributed by atoms with E-state index in [0.29, 0.717) is 0 Å². The Bertz CT molecular complexity index is 176. The minimum atomic E-state index is -0.0156. The van der Waals surface area contributed by atoms with Crippen molar-refractivity contribution in [3.8, 4) is 0 Å². The molecular formula is C4H6N4. The molecule has 1 aromatic heterocycles. The van der Waals surface area contributed by atoms with E-state index in [4.69, 9.17) is 2.74 Å². The number of aromatic nitrogens is 4. The molecule has 0 amide bonds. The van der Waals surface area contributed by atoms with Crippen LogP contribution in [0.5, 0.6) is 0 Å². The molecule has 0 fully saturated rings. The molecule has 4 heteroatoms. The van der Waals surface area contributed by atoms with Crippen molar-refractivity contribution >= 4 is 0 Å². The SMILES string of the molecule is [2H]Cc1nnc(C[2H])nn1. The highest BCUT2D eigenvalue weighted by Crippen LogP contribution is 1.78. The second-order valence-corrected chi connectivity index (χ2v) is 1.23. The predicted molar refractivity (Wildman–Crippen MR) is 27.1 cm³/mol. The van der Waals surface area contributed by atoms with Crippen molar-refractivity contribution in [2.45, 2.75) is 13.8 Å². The summed E-state index contributed by atoms with van der Waals surface area (Å²) in [4.78, 5) is 0. The highest BCUT2D eigenvalue weighted by molar-refractivity contribution is 4.73. The zero-order chi connectivity index (χ0) is 7.40. The van der Waals surface area contributed by atoms with Crippen LogP contribution in [-0.2, 0) is 0 Å². The average molecular weight is 112 g/mol. The van der Waals surface area contributed by atoms with E-state index in [1.54, 1.807) is 0 Å². The van der Waals surface area contributed by atoms with E-state index in [1.807, 2.05) is 0 Å². The van der Waals surface area contributed by atoms with E-state index < -0.39 is 0 Å². The molecule has 0 aliphatic carbocycles. The monoisotopic (exact) mass is 112 g/mol. The molecule has 0 bridgehead atoms. The van der Waals surface area contributed by atoms with Crippen molar-refractivity contribution in [2.24, 2.45) is 0 Å². The van der Waals surface area contributed by atoms with Crippen LogP contribution in [-0.4, -0.2) is 20.4 Å². The van der Waals surface area contributed by atoms with Crippen molar-refractivity contribution in [1.29, 1.82) is 0 Å². The Morgan fingerprint density at radius 3 is 1.62 bits per heavy atom. The zero-order valence-electron chi connectivity index (χ0n) is 6.20. The van der Waals surface area contributed by atoms with Crippen molar-refractivity contribution < 1.29 is 2.74 Å². The molecule has 0 N–H and O–H groups in total. The number of aryl methyl sites for hydroxylation is 2. The van der Waals surface area contributed by atoms with Crippen molar-refractivity contribution in [1.82, 2.24) is 20.4 Å². The van der Waals surface area contributed by atoms with Crippen molar-refractivity contribution in [2.75, 3.05) is 0 Å². The first kappa shape index (κ1) is 3.06. The molecule has 42 valence electrons. The summed E-state index contributed by atoms with van der Waals surface area (Å²) in [5.74, 6) is 0.578. The summed E-state index contributed by atoms with van der Waals surface area (Å²) < 4.78 is 13.6. The van der Waals surface area contributed by atoms with Crippen molar-refractivity contribution in [3.05, 3.63) is 11.6 Å². The quantitative estimate of drug-likeness (QED) is 0.469. The van der Waals surface area contributed by atoms with Crippen LogP contribution in [0.1, 0.15) is 14.4 Å². The van der Waals surface area contributed by atoms with Crippen LogP contribution < -0.4 is 0 Å². The molecule has 0 unspecified atom stereocenters. The fraction of sp³-hybridized carbons (Fsp3) is 0.500. The summed E-state index contributed by atoms with van der Waals surface area (Å²) in [5, 5.41) is 14.1. The van der Waals surface area contributed by atoms with Gasteiger partial charge >= 0.3 is 0 Å². The van der Waals surface area contributed by atoms with E-state index in [0.717, 1.165) is 0 Å². The van der Waals surface area contributed by atoms with E-state index in [1.165, 1.54) is 0 Å². The Morgan fingerprint density at radius 1 is 1.00 bits per heavy atom. The molecule has 0 saturated carbocycles. The maximum atomic E-state index is 6.82. The molecule has 0 aliphatic heterocycles. The molecule has 0 spiro atoms. The van der Waals surface area contributed by atoms with Crippen molar-refractivity contribution in [3.63, 3.8) is 0 Å². The largest absolute Gasteiger partial charge is 0.170 e. The lowest BCUT2D eigenvalue weighted by atomic mass is 10.7. The van der Waals surface area contributed by atoms with Crippen LogP contribution in [0.4, 0.5) is 0 Å². The Balaban J connectivity index is 2.80. The highest BCUT2D eigenvalue weighted by atomic mass is 15.3. The van der Waals surface area contributed by atoms with Gasteiger partial charge in [-0.05, 0) is 13.8 Å². The maximum Gasteiger partial charge on any atom is 0.170 e. The minimum Gasteiger partial charge on any atom is -0.132 e. The lowest BCUT2D eigenvalue weighted by Crippen LogP contribution is -1.97. The van der Waals surface area contributed by atoms with Crippen LogP contribution in [0.3, 0.4) is 0 Å². The van der Waals surface area contributed by atoms with Gasteiger partial charge in [-0.2, -0.15) is 0 Å². The van der Waals surface area contributed by atoms with Gasteiger partial charge in [-0.15, -0.1) is 20.4 Å². The van der Waals surface area contributed by atoms with Gasteiger partial charge in [0.05, 0.1) is 0 Å². The Morgan fingerprint density at radius 2 is 1.38 bits per heavy atom. The Labute approximate surface area is 49.8 Å². The normalized spacial score (nSPS) is 12.5. The summed E-state index contributed by atoms with van der Waals surface area (Å²) >= 11 is 0. The van der Waals surface area contributed by atoms with E-state index in [2.05, 4.69) is 20.4 Å². The Kier molecular flexibility index (Phi) is 0.695. The van der Waals surface area contributed by atoms with Crippen LogP contribution in [0.25, 0.3) is 0 Å². The van der Waals surface area contributed by atoms with Gasteiger partial charge in [0.2, 0.25) is 0 Å². The third-order valence-electron chi connectivity index (χ3n) is 0.562. The second-order valence-electron chi connectivity index (χ2n) is 1.23. The van der Waals surface area contributed by atoms with Gasteiger partial charge in [-0.1, -0.05) is 0 Å². The third-order valence-corrected chi connectivity index (χ3v) is 0.562. The summed E-state index contributed by atoms with van der Waals surface area (Å²) in [7, 11) is 0. The lowest BCUT2D eigenvalue weighted by Gasteiger charge is -1.85. The van der Waals surface area contributed by atoms with Crippen LogP contribution >= 0.6 is 0 Å². The zero-order valence-corrected chi connectivity index (χ0v) is 4.20. The molecule has 0 radical (unpaired) electrons. The van der Waals surface area contributed by atoms with Gasteiger partial charge < -0.3 is 0 Å². The Hall–Kier alpha value is -1.06. The lowest BCUT2D eigenvalue weighted by molar-refractivity contribution is 0.767. The molecule has 4 nitrogen and oxygen atoms in total. The van der Waals surface area contributed by atoms with E-state index >= 15 is 0 Å². The van der Waals surface area contributed by atoms with Gasteiger partial charge in [-0.25, -0.2) is 0 Å². The minimum absolute atomic E-state index is 0.0156. The van der Waals surface area contributed by atoms with Crippen LogP contribution in [0.2, 0.25) is 0 Å². The molecule has 8 heavy (non-hydrogen) atoms. The summed E-state index contributed by atoms with van der Waals surface area (Å²) in [6.07, 6.45) is 0. The molecule has 0 aliphatic rings. The standard InChI is InChI=1S/C4H6N4/c1-3-5-7-4(2)8-6-3/h1-2H3/i1D,2D. The molecule has 1 heterocycles. The smallest absolute Gasteiger partial charge is 0.132 e. The fourth-order valence-corrected chi connectivity index (χ4v) is 0.271. The summed E-state index contributed by atoms with van der Waals surface area (Å²) in [6, 6.07) is 0. The topological polar surface area (TPSA) is 51.6 Å². The predicted octanol–water partition coefficient (Wildman–Crippen LogP) is -0.117. The fourth-order valence-electron chi connectivity index (χ4n) is 0.271. The number of hydrogen-bond acceptors (Lipinski definition) is 4. The highest BCUT2D eigenvalue weighted by Gasteiger charge is 1.86. The maximum absolute atomic E-state index is 6.82. The van der Waals surface area contributed by atoms with Gasteiger partial charge in [0.25, 0.3) is 0 Å². The molecule has 1 aromatic rings.